The molecule has 2 heterocycles. The van der Waals surface area contributed by atoms with E-state index in [1.807, 2.05) is 12.1 Å². The molecule has 4 rings (SSSR count). The fourth-order valence-electron chi connectivity index (χ4n) is 4.18. The van der Waals surface area contributed by atoms with E-state index in [1.165, 1.54) is 11.3 Å². The van der Waals surface area contributed by atoms with Crippen LogP contribution in [0.25, 0.3) is 0 Å². The minimum Gasteiger partial charge on any atom is -0.462 e. The molecule has 2 aromatic rings. The van der Waals surface area contributed by atoms with Gasteiger partial charge in [-0.1, -0.05) is 31.5 Å². The molecule has 0 radical (unpaired) electrons. The topological polar surface area (TPSA) is 81.7 Å². The van der Waals surface area contributed by atoms with Crippen molar-refractivity contribution in [1.29, 1.82) is 0 Å². The Kier molecular flexibility index (Phi) is 5.90. The van der Waals surface area contributed by atoms with Crippen LogP contribution < -0.4 is 5.32 Å². The van der Waals surface area contributed by atoms with E-state index in [4.69, 9.17) is 9.47 Å². The summed E-state index contributed by atoms with van der Waals surface area (Å²) in [6.07, 6.45) is 3.21. The maximum Gasteiger partial charge on any atom is 0.341 e. The number of ether oxygens (including phenoxy) is 2. The molecule has 1 amide bonds. The molecule has 0 bridgehead atoms. The zero-order valence-electron chi connectivity index (χ0n) is 17.2. The van der Waals surface area contributed by atoms with Gasteiger partial charge in [0.15, 0.2) is 6.10 Å². The molecule has 1 N–H and O–H groups in total. The van der Waals surface area contributed by atoms with Gasteiger partial charge in [0.25, 0.3) is 5.91 Å². The van der Waals surface area contributed by atoms with Crippen molar-refractivity contribution in [2.24, 2.45) is 5.92 Å². The second-order valence-electron chi connectivity index (χ2n) is 7.69. The minimum atomic E-state index is -0.926. The lowest BCUT2D eigenvalue weighted by Crippen LogP contribution is -2.38. The number of cyclic esters (lactones) is 1. The van der Waals surface area contributed by atoms with E-state index < -0.39 is 23.9 Å². The molecule has 0 saturated carbocycles. The van der Waals surface area contributed by atoms with Crippen molar-refractivity contribution in [3.8, 4) is 0 Å². The maximum atomic E-state index is 13.0. The van der Waals surface area contributed by atoms with Gasteiger partial charge in [0.1, 0.15) is 5.00 Å². The van der Waals surface area contributed by atoms with Crippen molar-refractivity contribution in [3.63, 3.8) is 0 Å². The molecular formula is C23H25NO5S. The summed E-state index contributed by atoms with van der Waals surface area (Å²) in [4.78, 5) is 39.0. The molecule has 2 atom stereocenters. The molecule has 30 heavy (non-hydrogen) atoms. The highest BCUT2D eigenvalue weighted by molar-refractivity contribution is 7.17. The van der Waals surface area contributed by atoms with Gasteiger partial charge >= 0.3 is 11.9 Å². The van der Waals surface area contributed by atoms with E-state index in [2.05, 4.69) is 12.2 Å². The molecule has 0 unspecified atom stereocenters. The lowest BCUT2D eigenvalue weighted by atomic mass is 9.85. The van der Waals surface area contributed by atoms with Gasteiger partial charge in [-0.05, 0) is 49.3 Å². The number of hydrogen-bond donors (Lipinski definition) is 1. The van der Waals surface area contributed by atoms with Gasteiger partial charge in [-0.3, -0.25) is 4.79 Å². The van der Waals surface area contributed by atoms with Crippen molar-refractivity contribution in [2.45, 2.75) is 52.1 Å². The number of anilines is 1. The number of hydrogen-bond acceptors (Lipinski definition) is 6. The van der Waals surface area contributed by atoms with E-state index in [-0.39, 0.29) is 6.61 Å². The lowest BCUT2D eigenvalue weighted by molar-refractivity contribution is -0.125. The summed E-state index contributed by atoms with van der Waals surface area (Å²) in [5.74, 6) is -0.746. The van der Waals surface area contributed by atoms with Crippen molar-refractivity contribution in [3.05, 3.63) is 51.4 Å². The quantitative estimate of drug-likeness (QED) is 0.725. The number of amides is 1. The highest BCUT2D eigenvalue weighted by atomic mass is 32.1. The standard InChI is InChI=1S/C23H25NO5S/c1-3-13-9-10-16-18(11-13)30-21(19(16)23(27)28-4-2)24-20(25)17-12-14-7-5-6-8-15(14)22(26)29-17/h5-8,13,17H,3-4,9-12H2,1-2H3,(H,24,25)/t13-,17-/m0/s1. The zero-order chi connectivity index (χ0) is 21.3. The number of nitrogens with one attached hydrogen (secondary N) is 1. The Hall–Kier alpha value is -2.67. The van der Waals surface area contributed by atoms with Crippen LogP contribution in [0.4, 0.5) is 5.00 Å². The number of rotatable bonds is 5. The Labute approximate surface area is 179 Å². The molecule has 0 saturated heterocycles. The summed E-state index contributed by atoms with van der Waals surface area (Å²) < 4.78 is 10.6. The van der Waals surface area contributed by atoms with E-state index in [0.717, 1.165) is 41.7 Å². The van der Waals surface area contributed by atoms with Gasteiger partial charge in [-0.25, -0.2) is 9.59 Å². The summed E-state index contributed by atoms with van der Waals surface area (Å²) in [6, 6.07) is 7.13. The van der Waals surface area contributed by atoms with E-state index >= 15 is 0 Å². The maximum absolute atomic E-state index is 13.0. The van der Waals surface area contributed by atoms with Crippen molar-refractivity contribution >= 4 is 34.2 Å². The molecule has 0 spiro atoms. The predicted octanol–water partition coefficient (Wildman–Crippen LogP) is 4.16. The largest absolute Gasteiger partial charge is 0.462 e. The van der Waals surface area contributed by atoms with Gasteiger partial charge in [-0.2, -0.15) is 0 Å². The Morgan fingerprint density at radius 3 is 2.80 bits per heavy atom. The third-order valence-corrected chi connectivity index (χ3v) is 7.02. The van der Waals surface area contributed by atoms with Crippen molar-refractivity contribution in [2.75, 3.05) is 11.9 Å². The van der Waals surface area contributed by atoms with Crippen LogP contribution in [-0.2, 0) is 33.5 Å². The molecule has 1 aromatic heterocycles. The highest BCUT2D eigenvalue weighted by Crippen LogP contribution is 2.41. The normalized spacial score (nSPS) is 20.0. The van der Waals surface area contributed by atoms with E-state index in [9.17, 15) is 14.4 Å². The van der Waals surface area contributed by atoms with Gasteiger partial charge in [0.2, 0.25) is 0 Å². The molecule has 1 aromatic carbocycles. The zero-order valence-corrected chi connectivity index (χ0v) is 18.0. The summed E-state index contributed by atoms with van der Waals surface area (Å²) in [5, 5.41) is 3.36. The van der Waals surface area contributed by atoms with Gasteiger partial charge in [0, 0.05) is 11.3 Å². The number of carbonyl (C=O) groups excluding carboxylic acids is 3. The summed E-state index contributed by atoms with van der Waals surface area (Å²) >= 11 is 1.44. The Morgan fingerprint density at radius 1 is 1.23 bits per heavy atom. The van der Waals surface area contributed by atoms with Gasteiger partial charge in [-0.15, -0.1) is 11.3 Å². The number of benzene rings is 1. The molecule has 2 aliphatic rings. The first-order valence-corrected chi connectivity index (χ1v) is 11.2. The van der Waals surface area contributed by atoms with Gasteiger partial charge < -0.3 is 14.8 Å². The Balaban J connectivity index is 1.60. The summed E-state index contributed by atoms with van der Waals surface area (Å²) in [6.45, 7) is 4.21. The van der Waals surface area contributed by atoms with E-state index in [0.29, 0.717) is 28.5 Å². The fraction of sp³-hybridized carbons (Fsp3) is 0.435. The van der Waals surface area contributed by atoms with Crippen LogP contribution in [-0.4, -0.2) is 30.6 Å². The van der Waals surface area contributed by atoms with Crippen LogP contribution in [0.2, 0.25) is 0 Å². The smallest absolute Gasteiger partial charge is 0.341 e. The first-order valence-electron chi connectivity index (χ1n) is 10.4. The van der Waals surface area contributed by atoms with Crippen LogP contribution in [0, 0.1) is 5.92 Å². The number of esters is 2. The summed E-state index contributed by atoms with van der Waals surface area (Å²) in [5.41, 5.74) is 2.73. The van der Waals surface area contributed by atoms with Crippen molar-refractivity contribution in [1.82, 2.24) is 0 Å². The molecule has 158 valence electrons. The van der Waals surface area contributed by atoms with Crippen LogP contribution in [0.3, 0.4) is 0 Å². The fourth-order valence-corrected chi connectivity index (χ4v) is 5.53. The number of fused-ring (bicyclic) bond motifs is 2. The van der Waals surface area contributed by atoms with Crippen LogP contribution in [0.5, 0.6) is 0 Å². The molecule has 0 fully saturated rings. The van der Waals surface area contributed by atoms with Gasteiger partial charge in [0.05, 0.1) is 17.7 Å². The Bertz CT molecular complexity index is 995. The molecule has 1 aliphatic heterocycles. The highest BCUT2D eigenvalue weighted by Gasteiger charge is 2.34. The number of carbonyl (C=O) groups is 3. The monoisotopic (exact) mass is 427 g/mol. The second-order valence-corrected chi connectivity index (χ2v) is 8.80. The summed E-state index contributed by atoms with van der Waals surface area (Å²) in [7, 11) is 0. The second kappa shape index (κ2) is 8.60. The molecule has 7 heteroatoms. The van der Waals surface area contributed by atoms with Crippen LogP contribution >= 0.6 is 11.3 Å². The van der Waals surface area contributed by atoms with Crippen LogP contribution in [0.15, 0.2) is 24.3 Å². The molecular weight excluding hydrogens is 402 g/mol. The average molecular weight is 428 g/mol. The predicted molar refractivity (Wildman–Crippen MR) is 114 cm³/mol. The first-order chi connectivity index (χ1) is 14.5. The SMILES string of the molecule is CCOC(=O)c1c(NC(=O)[C@@H]2Cc3ccccc3C(=O)O2)sc2c1CC[C@H](CC)C2. The lowest BCUT2D eigenvalue weighted by Gasteiger charge is -2.23. The van der Waals surface area contributed by atoms with Crippen molar-refractivity contribution < 1.29 is 23.9 Å². The molecule has 6 nitrogen and oxygen atoms in total. The van der Waals surface area contributed by atoms with Crippen LogP contribution in [0.1, 0.15) is 63.4 Å². The number of thiophene rings is 1. The average Bonchev–Trinajstić information content (AvgIpc) is 3.10. The third-order valence-electron chi connectivity index (χ3n) is 5.85. The molecule has 1 aliphatic carbocycles. The van der Waals surface area contributed by atoms with E-state index in [1.54, 1.807) is 19.1 Å². The Morgan fingerprint density at radius 2 is 2.03 bits per heavy atom. The third kappa shape index (κ3) is 3.86. The first kappa shape index (κ1) is 20.6. The minimum absolute atomic E-state index is 0.269.